The van der Waals surface area contributed by atoms with Crippen LogP contribution in [0.5, 0.6) is 0 Å². The van der Waals surface area contributed by atoms with E-state index < -0.39 is 48.2 Å². The number of hydrazine groups is 2. The molecular weight excluding hydrogens is 603 g/mol. The minimum Gasteiger partial charge on any atom is -0.481 e. The summed E-state index contributed by atoms with van der Waals surface area (Å²) in [6, 6.07) is 10.1. The first-order valence-corrected chi connectivity index (χ1v) is 14.2. The molecule has 13 nitrogen and oxygen atoms in total. The maximum atomic E-state index is 13.6. The van der Waals surface area contributed by atoms with Gasteiger partial charge in [-0.2, -0.15) is 0 Å². The monoisotopic (exact) mass is 632 g/mol. The lowest BCUT2D eigenvalue weighted by Gasteiger charge is -2.43. The molecule has 2 aliphatic heterocycles. The summed E-state index contributed by atoms with van der Waals surface area (Å²) in [4.78, 5) is 69.9. The van der Waals surface area contributed by atoms with Gasteiger partial charge in [0, 0.05) is 34.1 Å². The Labute approximate surface area is 257 Å². The first-order chi connectivity index (χ1) is 20.6. The van der Waals surface area contributed by atoms with Crippen molar-refractivity contribution >= 4 is 58.6 Å². The molecule has 15 heteroatoms. The number of amides is 5. The van der Waals surface area contributed by atoms with Gasteiger partial charge in [-0.1, -0.05) is 52.6 Å². The summed E-state index contributed by atoms with van der Waals surface area (Å²) >= 11 is 12.3. The van der Waals surface area contributed by atoms with Crippen molar-refractivity contribution in [3.63, 3.8) is 0 Å². The molecule has 0 aliphatic carbocycles. The molecule has 0 saturated carbocycles. The van der Waals surface area contributed by atoms with Crippen molar-refractivity contribution in [2.75, 3.05) is 13.1 Å². The lowest BCUT2D eigenvalue weighted by Crippen LogP contribution is -2.65. The predicted molar refractivity (Wildman–Crippen MR) is 156 cm³/mol. The summed E-state index contributed by atoms with van der Waals surface area (Å²) in [5.41, 5.74) is 3.46. The number of halogens is 2. The standard InChI is InChI=1S/C28H30Cl2N6O7/c1-17(33-43-16-19-20(29)9-5-10-21(19)30)22(15-25(38)39)31-27(41)23-11-6-13-35-24(37)12-14-34(28(42)36(23)35)32-26(40)18-7-3-2-4-8-18/h2-5,7-10,22-23H,6,11-16H2,1H3,(H,31,41)(H,32,40)(H,38,39)/b33-17+/t22-,23-/m0/s1. The second-order valence-corrected chi connectivity index (χ2v) is 10.7. The summed E-state index contributed by atoms with van der Waals surface area (Å²) in [5, 5.41) is 20.1. The van der Waals surface area contributed by atoms with Crippen molar-refractivity contribution in [1.82, 2.24) is 25.8 Å². The Morgan fingerprint density at radius 3 is 2.44 bits per heavy atom. The Hall–Kier alpha value is -4.36. The lowest BCUT2D eigenvalue weighted by atomic mass is 10.0. The third kappa shape index (κ3) is 7.73. The predicted octanol–water partition coefficient (Wildman–Crippen LogP) is 3.22. The number of hydrogen-bond donors (Lipinski definition) is 3. The number of oxime groups is 1. The number of rotatable bonds is 10. The summed E-state index contributed by atoms with van der Waals surface area (Å²) in [6.45, 7) is 1.48. The van der Waals surface area contributed by atoms with E-state index in [9.17, 15) is 29.1 Å². The minimum absolute atomic E-state index is 0.0775. The molecule has 2 saturated heterocycles. The number of fused-ring (bicyclic) bond motifs is 1. The van der Waals surface area contributed by atoms with Crippen LogP contribution in [-0.4, -0.2) is 80.7 Å². The second kappa shape index (κ2) is 14.2. The van der Waals surface area contributed by atoms with Gasteiger partial charge in [0.15, 0.2) is 0 Å². The van der Waals surface area contributed by atoms with Crippen molar-refractivity contribution < 1.29 is 33.9 Å². The highest BCUT2D eigenvalue weighted by atomic mass is 35.5. The van der Waals surface area contributed by atoms with Gasteiger partial charge in [0.25, 0.3) is 5.91 Å². The molecular formula is C28H30Cl2N6O7. The second-order valence-electron chi connectivity index (χ2n) is 9.88. The number of nitrogens with zero attached hydrogens (tertiary/aromatic N) is 4. The van der Waals surface area contributed by atoms with Gasteiger partial charge in [-0.05, 0) is 44.0 Å². The number of carboxylic acid groups (broad SMARTS) is 1. The van der Waals surface area contributed by atoms with Crippen LogP contribution >= 0.6 is 23.2 Å². The smallest absolute Gasteiger partial charge is 0.358 e. The minimum atomic E-state index is -1.21. The fraction of sp³-hybridized carbons (Fsp3) is 0.357. The average molecular weight is 633 g/mol. The zero-order valence-electron chi connectivity index (χ0n) is 23.2. The molecule has 2 fully saturated rings. The van der Waals surface area contributed by atoms with E-state index in [1.165, 1.54) is 11.9 Å². The van der Waals surface area contributed by atoms with Gasteiger partial charge in [0.05, 0.1) is 24.7 Å². The van der Waals surface area contributed by atoms with Gasteiger partial charge in [0.1, 0.15) is 12.6 Å². The Kier molecular flexibility index (Phi) is 10.4. The number of hydrogen-bond acceptors (Lipinski definition) is 7. The van der Waals surface area contributed by atoms with Gasteiger partial charge in [-0.15, -0.1) is 0 Å². The van der Waals surface area contributed by atoms with Crippen LogP contribution in [0, 0.1) is 0 Å². The van der Waals surface area contributed by atoms with Crippen molar-refractivity contribution in [2.24, 2.45) is 5.16 Å². The average Bonchev–Trinajstić information content (AvgIpc) is 3.10. The highest BCUT2D eigenvalue weighted by Crippen LogP contribution is 2.26. The molecule has 0 aromatic heterocycles. The topological polar surface area (TPSA) is 161 Å². The van der Waals surface area contributed by atoms with Crippen LogP contribution in [0.3, 0.4) is 0 Å². The lowest BCUT2D eigenvalue weighted by molar-refractivity contribution is -0.155. The van der Waals surface area contributed by atoms with E-state index in [1.54, 1.807) is 48.5 Å². The first kappa shape index (κ1) is 31.6. The number of benzene rings is 2. The zero-order chi connectivity index (χ0) is 31.1. The number of carbonyl (C=O) groups excluding carboxylic acids is 4. The Balaban J connectivity index is 1.50. The molecule has 2 atom stereocenters. The highest BCUT2D eigenvalue weighted by Gasteiger charge is 2.44. The van der Waals surface area contributed by atoms with E-state index in [0.717, 1.165) is 10.0 Å². The van der Waals surface area contributed by atoms with Crippen LogP contribution in [0.2, 0.25) is 10.0 Å². The SMILES string of the molecule is C/C(=N\OCc1c(Cl)cccc1Cl)[C@H](CC(=O)O)NC(=O)[C@@H]1CCCN2C(=O)CCN(NC(=O)c3ccccc3)C(=O)N12. The highest BCUT2D eigenvalue weighted by molar-refractivity contribution is 6.35. The molecule has 228 valence electrons. The van der Waals surface area contributed by atoms with Crippen LogP contribution in [0.15, 0.2) is 53.7 Å². The Bertz CT molecular complexity index is 1400. The van der Waals surface area contributed by atoms with Gasteiger partial charge >= 0.3 is 12.0 Å². The van der Waals surface area contributed by atoms with Gasteiger partial charge in [-0.3, -0.25) is 24.6 Å². The molecule has 0 radical (unpaired) electrons. The fourth-order valence-electron chi connectivity index (χ4n) is 4.67. The maximum absolute atomic E-state index is 13.6. The van der Waals surface area contributed by atoms with E-state index in [2.05, 4.69) is 15.9 Å². The Morgan fingerprint density at radius 2 is 1.77 bits per heavy atom. The molecule has 0 bridgehead atoms. The maximum Gasteiger partial charge on any atom is 0.358 e. The van der Waals surface area contributed by atoms with E-state index >= 15 is 0 Å². The van der Waals surface area contributed by atoms with E-state index in [4.69, 9.17) is 28.0 Å². The third-order valence-corrected chi connectivity index (χ3v) is 7.63. The quantitative estimate of drug-likeness (QED) is 0.268. The van der Waals surface area contributed by atoms with Crippen LogP contribution < -0.4 is 10.7 Å². The molecule has 3 N–H and O–H groups in total. The fourth-order valence-corrected chi connectivity index (χ4v) is 5.18. The number of urea groups is 1. The van der Waals surface area contributed by atoms with E-state index in [1.807, 2.05) is 0 Å². The van der Waals surface area contributed by atoms with Crippen LogP contribution in [0.1, 0.15) is 48.5 Å². The summed E-state index contributed by atoms with van der Waals surface area (Å²) in [7, 11) is 0. The molecule has 2 heterocycles. The van der Waals surface area contributed by atoms with Gasteiger partial charge in [-0.25, -0.2) is 19.8 Å². The van der Waals surface area contributed by atoms with Gasteiger partial charge < -0.3 is 15.3 Å². The van der Waals surface area contributed by atoms with Crippen LogP contribution in [0.4, 0.5) is 4.79 Å². The molecule has 2 aliphatic rings. The normalized spacial score (nSPS) is 18.0. The van der Waals surface area contributed by atoms with Crippen molar-refractivity contribution in [3.8, 4) is 0 Å². The largest absolute Gasteiger partial charge is 0.481 e. The summed E-state index contributed by atoms with van der Waals surface area (Å²) in [5.74, 6) is -2.86. The molecule has 43 heavy (non-hydrogen) atoms. The molecule has 0 unspecified atom stereocenters. The molecule has 2 aromatic rings. The van der Waals surface area contributed by atoms with Crippen LogP contribution in [-0.2, 0) is 25.8 Å². The number of carboxylic acids is 1. The number of carbonyl (C=O) groups is 5. The molecule has 2 aromatic carbocycles. The third-order valence-electron chi connectivity index (χ3n) is 6.92. The summed E-state index contributed by atoms with van der Waals surface area (Å²) < 4.78 is 0. The first-order valence-electron chi connectivity index (χ1n) is 13.5. The van der Waals surface area contributed by atoms with Gasteiger partial charge in [0.2, 0.25) is 11.8 Å². The van der Waals surface area contributed by atoms with Crippen LogP contribution in [0.25, 0.3) is 0 Å². The molecule has 0 spiro atoms. The summed E-state index contributed by atoms with van der Waals surface area (Å²) in [6.07, 6.45) is 0.00730. The Morgan fingerprint density at radius 1 is 1.07 bits per heavy atom. The van der Waals surface area contributed by atoms with E-state index in [0.29, 0.717) is 27.6 Å². The molecule has 5 amide bonds. The zero-order valence-corrected chi connectivity index (χ0v) is 24.7. The number of aliphatic carboxylic acids is 1. The molecule has 4 rings (SSSR count). The van der Waals surface area contributed by atoms with E-state index in [-0.39, 0.29) is 38.2 Å². The van der Waals surface area contributed by atoms with Crippen molar-refractivity contribution in [1.29, 1.82) is 0 Å². The van der Waals surface area contributed by atoms with Crippen molar-refractivity contribution in [2.45, 2.75) is 51.3 Å². The number of nitrogens with one attached hydrogen (secondary N) is 2. The van der Waals surface area contributed by atoms with Crippen molar-refractivity contribution in [3.05, 3.63) is 69.7 Å².